The van der Waals surface area contributed by atoms with Crippen LogP contribution in [-0.4, -0.2) is 39.0 Å². The zero-order valence-corrected chi connectivity index (χ0v) is 13.0. The molecule has 1 aromatic carbocycles. The lowest BCUT2D eigenvalue weighted by Crippen LogP contribution is -2.28. The fourth-order valence-electron chi connectivity index (χ4n) is 2.91. The molecule has 24 heavy (non-hydrogen) atoms. The average Bonchev–Trinajstić information content (AvgIpc) is 3.32. The van der Waals surface area contributed by atoms with E-state index in [9.17, 15) is 4.79 Å². The summed E-state index contributed by atoms with van der Waals surface area (Å²) < 4.78 is 5.40. The van der Waals surface area contributed by atoms with Crippen molar-refractivity contribution in [3.8, 4) is 11.5 Å². The molecule has 0 saturated carbocycles. The highest BCUT2D eigenvalue weighted by molar-refractivity contribution is 5.94. The zero-order chi connectivity index (χ0) is 16.4. The summed E-state index contributed by atoms with van der Waals surface area (Å²) in [7, 11) is 0. The predicted molar refractivity (Wildman–Crippen MR) is 87.2 cm³/mol. The van der Waals surface area contributed by atoms with E-state index in [1.165, 1.54) is 0 Å². The molecule has 0 radical (unpaired) electrons. The monoisotopic (exact) mass is 320 g/mol. The van der Waals surface area contributed by atoms with Gasteiger partial charge in [-0.2, -0.15) is 4.98 Å². The lowest BCUT2D eigenvalue weighted by atomic mass is 10.1. The Balaban J connectivity index is 1.48. The second-order valence-corrected chi connectivity index (χ2v) is 5.77. The molecule has 0 aliphatic carbocycles. The van der Waals surface area contributed by atoms with Crippen LogP contribution < -0.4 is 0 Å². The first-order valence-corrected chi connectivity index (χ1v) is 7.90. The van der Waals surface area contributed by atoms with Gasteiger partial charge in [-0.25, -0.2) is 0 Å². The maximum absolute atomic E-state index is 12.5. The number of benzene rings is 1. The van der Waals surface area contributed by atoms with Crippen LogP contribution in [0.2, 0.25) is 0 Å². The van der Waals surface area contributed by atoms with Gasteiger partial charge in [0.25, 0.3) is 5.91 Å². The Bertz CT molecular complexity index is 832. The van der Waals surface area contributed by atoms with E-state index in [1.807, 2.05) is 53.4 Å². The quantitative estimate of drug-likeness (QED) is 0.742. The minimum absolute atomic E-state index is 0.0440. The molecular weight excluding hydrogens is 304 g/mol. The van der Waals surface area contributed by atoms with Gasteiger partial charge in [-0.3, -0.25) is 9.78 Å². The summed E-state index contributed by atoms with van der Waals surface area (Å²) in [5, 5.41) is 4.01. The van der Waals surface area contributed by atoms with Crippen molar-refractivity contribution in [3.05, 3.63) is 66.2 Å². The Morgan fingerprint density at radius 2 is 1.96 bits per heavy atom. The van der Waals surface area contributed by atoms with Crippen molar-refractivity contribution in [2.45, 2.75) is 12.3 Å². The topological polar surface area (TPSA) is 72.1 Å². The molecule has 1 aliphatic rings. The molecule has 0 spiro atoms. The van der Waals surface area contributed by atoms with E-state index in [-0.39, 0.29) is 11.8 Å². The average molecular weight is 320 g/mol. The summed E-state index contributed by atoms with van der Waals surface area (Å²) in [6.07, 6.45) is 2.52. The summed E-state index contributed by atoms with van der Waals surface area (Å²) in [4.78, 5) is 23.0. The van der Waals surface area contributed by atoms with E-state index in [0.29, 0.717) is 36.1 Å². The van der Waals surface area contributed by atoms with Crippen molar-refractivity contribution >= 4 is 5.91 Å². The number of nitrogens with zero attached hydrogens (tertiary/aromatic N) is 4. The van der Waals surface area contributed by atoms with E-state index >= 15 is 0 Å². The lowest BCUT2D eigenvalue weighted by Gasteiger charge is -2.15. The van der Waals surface area contributed by atoms with Gasteiger partial charge in [0.2, 0.25) is 11.7 Å². The fourth-order valence-corrected chi connectivity index (χ4v) is 2.91. The molecule has 4 rings (SSSR count). The van der Waals surface area contributed by atoms with E-state index < -0.39 is 0 Å². The van der Waals surface area contributed by atoms with Crippen molar-refractivity contribution in [1.82, 2.24) is 20.0 Å². The van der Waals surface area contributed by atoms with Crippen LogP contribution in [0.5, 0.6) is 0 Å². The van der Waals surface area contributed by atoms with Crippen LogP contribution >= 0.6 is 0 Å². The van der Waals surface area contributed by atoms with Crippen LogP contribution in [0.1, 0.15) is 28.6 Å². The number of carbonyl (C=O) groups excluding carboxylic acids is 1. The van der Waals surface area contributed by atoms with Gasteiger partial charge in [-0.1, -0.05) is 29.4 Å². The van der Waals surface area contributed by atoms with Crippen molar-refractivity contribution in [2.24, 2.45) is 0 Å². The molecule has 3 heterocycles. The van der Waals surface area contributed by atoms with Crippen LogP contribution in [0.15, 0.2) is 59.3 Å². The molecule has 1 aliphatic heterocycles. The van der Waals surface area contributed by atoms with Gasteiger partial charge in [-0.05, 0) is 30.7 Å². The SMILES string of the molecule is O=C(c1ccccc1)N1CC[C@@H](c2nc(-c3ccccn3)no2)C1. The summed E-state index contributed by atoms with van der Waals surface area (Å²) in [6.45, 7) is 1.29. The van der Waals surface area contributed by atoms with E-state index in [4.69, 9.17) is 4.52 Å². The number of aromatic nitrogens is 3. The smallest absolute Gasteiger partial charge is 0.253 e. The fraction of sp³-hybridized carbons (Fsp3) is 0.222. The number of hydrogen-bond acceptors (Lipinski definition) is 5. The molecule has 1 amide bonds. The number of carbonyl (C=O) groups is 1. The summed E-state index contributed by atoms with van der Waals surface area (Å²) in [5.41, 5.74) is 1.39. The molecule has 0 unspecified atom stereocenters. The molecular formula is C18H16N4O2. The van der Waals surface area contributed by atoms with Gasteiger partial charge in [0.05, 0.1) is 5.92 Å². The Labute approximate surface area is 139 Å². The number of amides is 1. The Kier molecular flexibility index (Phi) is 3.78. The Morgan fingerprint density at radius 1 is 1.12 bits per heavy atom. The maximum atomic E-state index is 12.5. The number of hydrogen-bond donors (Lipinski definition) is 0. The van der Waals surface area contributed by atoms with Crippen molar-refractivity contribution in [2.75, 3.05) is 13.1 Å². The van der Waals surface area contributed by atoms with Crippen LogP contribution in [-0.2, 0) is 0 Å². The first-order valence-electron chi connectivity index (χ1n) is 7.90. The third-order valence-corrected chi connectivity index (χ3v) is 4.18. The normalized spacial score (nSPS) is 17.2. The molecule has 120 valence electrons. The molecule has 6 nitrogen and oxygen atoms in total. The van der Waals surface area contributed by atoms with Crippen LogP contribution in [0.3, 0.4) is 0 Å². The van der Waals surface area contributed by atoms with Crippen molar-refractivity contribution in [1.29, 1.82) is 0 Å². The summed E-state index contributed by atoms with van der Waals surface area (Å²) in [5.74, 6) is 1.17. The summed E-state index contributed by atoms with van der Waals surface area (Å²) >= 11 is 0. The van der Waals surface area contributed by atoms with E-state index in [2.05, 4.69) is 15.1 Å². The van der Waals surface area contributed by atoms with E-state index in [0.717, 1.165) is 6.42 Å². The second kappa shape index (κ2) is 6.23. The highest BCUT2D eigenvalue weighted by atomic mass is 16.5. The van der Waals surface area contributed by atoms with E-state index in [1.54, 1.807) is 6.20 Å². The number of pyridine rings is 1. The van der Waals surface area contributed by atoms with Crippen molar-refractivity contribution < 1.29 is 9.32 Å². The van der Waals surface area contributed by atoms with Gasteiger partial charge < -0.3 is 9.42 Å². The molecule has 0 N–H and O–H groups in total. The number of rotatable bonds is 3. The molecule has 2 aromatic heterocycles. The lowest BCUT2D eigenvalue weighted by molar-refractivity contribution is 0.0789. The molecule has 0 bridgehead atoms. The minimum atomic E-state index is 0.0440. The van der Waals surface area contributed by atoms with Crippen LogP contribution in [0, 0.1) is 0 Å². The molecule has 1 saturated heterocycles. The third-order valence-electron chi connectivity index (χ3n) is 4.18. The third kappa shape index (κ3) is 2.78. The Hall–Kier alpha value is -3.02. The standard InChI is InChI=1S/C18H16N4O2/c23-18(13-6-2-1-3-7-13)22-11-9-14(12-22)17-20-16(21-24-17)15-8-4-5-10-19-15/h1-8,10,14H,9,11-12H2/t14-/m1/s1. The Morgan fingerprint density at radius 3 is 2.75 bits per heavy atom. The van der Waals surface area contributed by atoms with Gasteiger partial charge in [0.15, 0.2) is 0 Å². The first-order chi connectivity index (χ1) is 11.8. The second-order valence-electron chi connectivity index (χ2n) is 5.77. The largest absolute Gasteiger partial charge is 0.339 e. The van der Waals surface area contributed by atoms with Gasteiger partial charge in [-0.15, -0.1) is 0 Å². The van der Waals surface area contributed by atoms with Crippen molar-refractivity contribution in [3.63, 3.8) is 0 Å². The zero-order valence-electron chi connectivity index (χ0n) is 13.0. The highest BCUT2D eigenvalue weighted by Gasteiger charge is 2.31. The molecule has 1 atom stereocenters. The maximum Gasteiger partial charge on any atom is 0.253 e. The summed E-state index contributed by atoms with van der Waals surface area (Å²) in [6, 6.07) is 14.9. The van der Waals surface area contributed by atoms with Crippen LogP contribution in [0.4, 0.5) is 0 Å². The molecule has 1 fully saturated rings. The van der Waals surface area contributed by atoms with Gasteiger partial charge >= 0.3 is 0 Å². The van der Waals surface area contributed by atoms with Gasteiger partial charge in [0.1, 0.15) is 5.69 Å². The highest BCUT2D eigenvalue weighted by Crippen LogP contribution is 2.28. The number of likely N-dealkylation sites (tertiary alicyclic amines) is 1. The molecule has 6 heteroatoms. The van der Waals surface area contributed by atoms with Crippen LogP contribution in [0.25, 0.3) is 11.5 Å². The van der Waals surface area contributed by atoms with Gasteiger partial charge in [0, 0.05) is 24.8 Å². The first kappa shape index (κ1) is 14.6. The molecule has 3 aromatic rings. The minimum Gasteiger partial charge on any atom is -0.339 e. The predicted octanol–water partition coefficient (Wildman–Crippen LogP) is 2.76.